The van der Waals surface area contributed by atoms with Crippen LogP contribution in [0, 0.1) is 19.7 Å². The fraction of sp³-hybridized carbons (Fsp3) is 0.391. The quantitative estimate of drug-likeness (QED) is 0.666. The van der Waals surface area contributed by atoms with Gasteiger partial charge in [0.2, 0.25) is 11.8 Å². The minimum atomic E-state index is -0.556. The van der Waals surface area contributed by atoms with E-state index in [4.69, 9.17) is 0 Å². The molecular weight excluding hydrogens is 387 g/mol. The predicted octanol–water partition coefficient (Wildman–Crippen LogP) is 4.23. The van der Waals surface area contributed by atoms with Gasteiger partial charge in [0.25, 0.3) is 0 Å². The molecule has 4 nitrogen and oxygen atoms in total. The smallest absolute Gasteiger partial charge is 0.242 e. The second kappa shape index (κ2) is 11.0. The van der Waals surface area contributed by atoms with Crippen molar-refractivity contribution in [1.82, 2.24) is 10.2 Å². The third-order valence-electron chi connectivity index (χ3n) is 4.67. The molecule has 2 amide bonds. The molecule has 0 heterocycles. The highest BCUT2D eigenvalue weighted by Gasteiger charge is 2.27. The molecule has 0 radical (unpaired) electrons. The molecule has 1 unspecified atom stereocenters. The van der Waals surface area contributed by atoms with Crippen LogP contribution in [-0.2, 0) is 21.9 Å². The van der Waals surface area contributed by atoms with E-state index in [1.807, 2.05) is 6.92 Å². The van der Waals surface area contributed by atoms with Gasteiger partial charge in [-0.1, -0.05) is 48.4 Å². The van der Waals surface area contributed by atoms with Gasteiger partial charge in [-0.25, -0.2) is 4.39 Å². The van der Waals surface area contributed by atoms with E-state index in [0.29, 0.717) is 6.42 Å². The van der Waals surface area contributed by atoms with Crippen LogP contribution >= 0.6 is 11.8 Å². The number of hydrogen-bond donors (Lipinski definition) is 1. The number of amides is 2. The zero-order valence-electron chi connectivity index (χ0n) is 17.5. The topological polar surface area (TPSA) is 49.4 Å². The third kappa shape index (κ3) is 6.89. The van der Waals surface area contributed by atoms with Crippen LogP contribution in [0.1, 0.15) is 35.6 Å². The van der Waals surface area contributed by atoms with Crippen LogP contribution in [0.2, 0.25) is 0 Å². The molecule has 1 atom stereocenters. The third-order valence-corrected chi connectivity index (χ3v) is 5.66. The summed E-state index contributed by atoms with van der Waals surface area (Å²) >= 11 is 1.54. The maximum Gasteiger partial charge on any atom is 0.242 e. The largest absolute Gasteiger partial charge is 0.357 e. The Kier molecular flexibility index (Phi) is 8.70. The molecule has 0 aliphatic carbocycles. The molecule has 2 rings (SSSR count). The van der Waals surface area contributed by atoms with Crippen molar-refractivity contribution >= 4 is 23.6 Å². The number of thioether (sulfide) groups is 1. The van der Waals surface area contributed by atoms with E-state index in [1.165, 1.54) is 40.6 Å². The lowest BCUT2D eigenvalue weighted by atomic mass is 10.1. The van der Waals surface area contributed by atoms with Crippen LogP contribution in [-0.4, -0.2) is 35.6 Å². The summed E-state index contributed by atoms with van der Waals surface area (Å²) in [5, 5.41) is 2.64. The minimum absolute atomic E-state index is 0.0980. The van der Waals surface area contributed by atoms with Gasteiger partial charge >= 0.3 is 0 Å². The molecule has 2 aromatic carbocycles. The second-order valence-electron chi connectivity index (χ2n) is 7.18. The highest BCUT2D eigenvalue weighted by Crippen LogP contribution is 2.19. The molecule has 0 bridgehead atoms. The van der Waals surface area contributed by atoms with Gasteiger partial charge in [-0.05, 0) is 43.5 Å². The van der Waals surface area contributed by atoms with Gasteiger partial charge in [-0.3, -0.25) is 9.59 Å². The van der Waals surface area contributed by atoms with E-state index >= 15 is 0 Å². The minimum Gasteiger partial charge on any atom is -0.357 e. The standard InChI is InChI=1S/C23H29FN2O2S/c1-5-21(23(28)25-4)26(13-18-6-8-20(24)9-7-18)22(27)15-29-14-19-11-16(2)10-17(3)12-19/h6-12,21H,5,13-15H2,1-4H3,(H,25,28). The molecule has 0 aromatic heterocycles. The van der Waals surface area contributed by atoms with Crippen molar-refractivity contribution in [2.45, 2.75) is 45.5 Å². The Morgan fingerprint density at radius 1 is 1.07 bits per heavy atom. The normalized spacial score (nSPS) is 11.8. The summed E-state index contributed by atoms with van der Waals surface area (Å²) in [5.41, 5.74) is 4.39. The van der Waals surface area contributed by atoms with Crippen molar-refractivity contribution in [2.24, 2.45) is 0 Å². The van der Waals surface area contributed by atoms with E-state index in [9.17, 15) is 14.0 Å². The summed E-state index contributed by atoms with van der Waals surface area (Å²) in [6.07, 6.45) is 0.508. The van der Waals surface area contributed by atoms with Gasteiger partial charge in [0.05, 0.1) is 5.75 Å². The Hall–Kier alpha value is -2.34. The Balaban J connectivity index is 2.10. The maximum absolute atomic E-state index is 13.2. The van der Waals surface area contributed by atoms with Crippen LogP contribution in [0.3, 0.4) is 0 Å². The average molecular weight is 417 g/mol. The van der Waals surface area contributed by atoms with Crippen molar-refractivity contribution in [2.75, 3.05) is 12.8 Å². The molecule has 0 saturated heterocycles. The zero-order chi connectivity index (χ0) is 21.4. The summed E-state index contributed by atoms with van der Waals surface area (Å²) in [7, 11) is 1.57. The van der Waals surface area contributed by atoms with Crippen LogP contribution in [0.25, 0.3) is 0 Å². The number of carbonyl (C=O) groups excluding carboxylic acids is 2. The summed E-state index contributed by atoms with van der Waals surface area (Å²) in [6, 6.07) is 11.9. The fourth-order valence-electron chi connectivity index (χ4n) is 3.36. The SMILES string of the molecule is CCC(C(=O)NC)N(Cc1ccc(F)cc1)C(=O)CSCc1cc(C)cc(C)c1. The van der Waals surface area contributed by atoms with Gasteiger partial charge in [-0.2, -0.15) is 0 Å². The molecule has 0 saturated carbocycles. The first kappa shape index (κ1) is 22.9. The zero-order valence-corrected chi connectivity index (χ0v) is 18.3. The molecule has 0 spiro atoms. The Bertz CT molecular complexity index is 819. The number of halogens is 1. The van der Waals surface area contributed by atoms with E-state index in [0.717, 1.165) is 11.3 Å². The number of rotatable bonds is 9. The second-order valence-corrected chi connectivity index (χ2v) is 8.16. The number of benzene rings is 2. The number of hydrogen-bond acceptors (Lipinski definition) is 3. The predicted molar refractivity (Wildman–Crippen MR) is 117 cm³/mol. The molecule has 0 aliphatic heterocycles. The number of likely N-dealkylation sites (N-methyl/N-ethyl adjacent to an activating group) is 1. The van der Waals surface area contributed by atoms with E-state index in [-0.39, 0.29) is 29.9 Å². The number of aryl methyl sites for hydroxylation is 2. The lowest BCUT2D eigenvalue weighted by molar-refractivity contribution is -0.139. The van der Waals surface area contributed by atoms with Crippen molar-refractivity contribution in [3.8, 4) is 0 Å². The molecule has 1 N–H and O–H groups in total. The Morgan fingerprint density at radius 2 is 1.69 bits per heavy atom. The molecule has 29 heavy (non-hydrogen) atoms. The van der Waals surface area contributed by atoms with Crippen molar-refractivity contribution in [3.05, 3.63) is 70.5 Å². The number of nitrogens with one attached hydrogen (secondary N) is 1. The first-order chi connectivity index (χ1) is 13.8. The van der Waals surface area contributed by atoms with Crippen molar-refractivity contribution in [1.29, 1.82) is 0 Å². The Labute approximate surface area is 176 Å². The summed E-state index contributed by atoms with van der Waals surface area (Å²) in [4.78, 5) is 26.9. The van der Waals surface area contributed by atoms with Crippen LogP contribution in [0.15, 0.2) is 42.5 Å². The summed E-state index contributed by atoms with van der Waals surface area (Å²) in [6.45, 7) is 6.28. The lowest BCUT2D eigenvalue weighted by Gasteiger charge is -2.30. The van der Waals surface area contributed by atoms with Crippen molar-refractivity contribution < 1.29 is 14.0 Å². The van der Waals surface area contributed by atoms with Gasteiger partial charge < -0.3 is 10.2 Å². The van der Waals surface area contributed by atoms with Crippen LogP contribution in [0.4, 0.5) is 4.39 Å². The van der Waals surface area contributed by atoms with Gasteiger partial charge in [0.15, 0.2) is 0 Å². The Morgan fingerprint density at radius 3 is 2.24 bits per heavy atom. The average Bonchev–Trinajstić information content (AvgIpc) is 2.68. The highest BCUT2D eigenvalue weighted by molar-refractivity contribution is 7.99. The van der Waals surface area contributed by atoms with Gasteiger partial charge in [0.1, 0.15) is 11.9 Å². The number of nitrogens with zero attached hydrogens (tertiary/aromatic N) is 1. The van der Waals surface area contributed by atoms with Crippen LogP contribution < -0.4 is 5.32 Å². The highest BCUT2D eigenvalue weighted by atomic mass is 32.2. The maximum atomic E-state index is 13.2. The van der Waals surface area contributed by atoms with Gasteiger partial charge in [-0.15, -0.1) is 11.8 Å². The monoisotopic (exact) mass is 416 g/mol. The molecule has 2 aromatic rings. The molecule has 0 fully saturated rings. The number of carbonyl (C=O) groups is 2. The van der Waals surface area contributed by atoms with Gasteiger partial charge in [0, 0.05) is 19.3 Å². The van der Waals surface area contributed by atoms with E-state index < -0.39 is 6.04 Å². The van der Waals surface area contributed by atoms with E-state index in [1.54, 1.807) is 24.1 Å². The molecule has 0 aliphatic rings. The molecule has 156 valence electrons. The first-order valence-corrected chi connectivity index (χ1v) is 10.9. The molecule has 6 heteroatoms. The fourth-order valence-corrected chi connectivity index (χ4v) is 4.21. The summed E-state index contributed by atoms with van der Waals surface area (Å²) in [5.74, 6) is 0.396. The van der Waals surface area contributed by atoms with Crippen molar-refractivity contribution in [3.63, 3.8) is 0 Å². The lowest BCUT2D eigenvalue weighted by Crippen LogP contribution is -2.48. The first-order valence-electron chi connectivity index (χ1n) is 9.74. The summed E-state index contributed by atoms with van der Waals surface area (Å²) < 4.78 is 13.2. The molecular formula is C23H29FN2O2S. The van der Waals surface area contributed by atoms with Crippen LogP contribution in [0.5, 0.6) is 0 Å². The van der Waals surface area contributed by atoms with E-state index in [2.05, 4.69) is 37.4 Å².